The van der Waals surface area contributed by atoms with Crippen molar-refractivity contribution in [3.8, 4) is 0 Å². The number of fused-ring (bicyclic) bond motifs is 3. The Morgan fingerprint density at radius 2 is 2.11 bits per heavy atom. The number of hydrogen-bond acceptors (Lipinski definition) is 2. The molecule has 98 valence electrons. The van der Waals surface area contributed by atoms with Gasteiger partial charge in [0.15, 0.2) is 0 Å². The van der Waals surface area contributed by atoms with Crippen molar-refractivity contribution in [3.63, 3.8) is 0 Å². The van der Waals surface area contributed by atoms with Gasteiger partial charge in [0.1, 0.15) is 0 Å². The summed E-state index contributed by atoms with van der Waals surface area (Å²) >= 11 is 1.89. The second-order valence-corrected chi connectivity index (χ2v) is 6.15. The molecule has 3 aliphatic rings. The summed E-state index contributed by atoms with van der Waals surface area (Å²) < 4.78 is 0. The van der Waals surface area contributed by atoms with E-state index in [1.165, 1.54) is 16.1 Å². The number of thioether (sulfide) groups is 1. The Labute approximate surface area is 117 Å². The van der Waals surface area contributed by atoms with E-state index in [2.05, 4.69) is 36.5 Å². The molecule has 1 N–H and O–H groups in total. The largest absolute Gasteiger partial charge is 0.481 e. The number of rotatable bonds is 3. The zero-order chi connectivity index (χ0) is 13.2. The molecule has 2 atom stereocenters. The molecule has 3 rings (SSSR count). The molecule has 0 amide bonds. The van der Waals surface area contributed by atoms with Crippen LogP contribution in [-0.2, 0) is 4.79 Å². The molecule has 0 aromatic heterocycles. The van der Waals surface area contributed by atoms with E-state index in [1.807, 2.05) is 17.8 Å². The van der Waals surface area contributed by atoms with Crippen molar-refractivity contribution in [3.05, 3.63) is 58.6 Å². The third-order valence-electron chi connectivity index (χ3n) is 3.75. The zero-order valence-corrected chi connectivity index (χ0v) is 11.4. The lowest BCUT2D eigenvalue weighted by Crippen LogP contribution is -2.10. The molecule has 0 aromatic rings. The van der Waals surface area contributed by atoms with E-state index in [1.54, 1.807) is 0 Å². The molecule has 2 nitrogen and oxygen atoms in total. The summed E-state index contributed by atoms with van der Waals surface area (Å²) in [6.45, 7) is 0. The minimum absolute atomic E-state index is 0.214. The van der Waals surface area contributed by atoms with E-state index in [4.69, 9.17) is 5.11 Å². The van der Waals surface area contributed by atoms with E-state index < -0.39 is 5.97 Å². The van der Waals surface area contributed by atoms with Crippen LogP contribution in [0.15, 0.2) is 58.6 Å². The van der Waals surface area contributed by atoms with Crippen molar-refractivity contribution in [2.45, 2.75) is 24.5 Å². The molecule has 2 aliphatic carbocycles. The molecule has 0 bridgehead atoms. The van der Waals surface area contributed by atoms with Gasteiger partial charge in [0.05, 0.1) is 5.25 Å². The van der Waals surface area contributed by atoms with Crippen LogP contribution in [0.5, 0.6) is 0 Å². The van der Waals surface area contributed by atoms with Crippen LogP contribution < -0.4 is 0 Å². The lowest BCUT2D eigenvalue weighted by atomic mass is 9.87. The average molecular weight is 272 g/mol. The van der Waals surface area contributed by atoms with Crippen LogP contribution in [0.4, 0.5) is 0 Å². The highest BCUT2D eigenvalue weighted by molar-refractivity contribution is 8.04. The highest BCUT2D eigenvalue weighted by Crippen LogP contribution is 2.52. The second kappa shape index (κ2) is 5.25. The van der Waals surface area contributed by atoms with Gasteiger partial charge in [0.25, 0.3) is 0 Å². The summed E-state index contributed by atoms with van der Waals surface area (Å²) in [4.78, 5) is 12.2. The van der Waals surface area contributed by atoms with Gasteiger partial charge in [0.2, 0.25) is 0 Å². The van der Waals surface area contributed by atoms with Crippen molar-refractivity contribution in [1.29, 1.82) is 0 Å². The van der Waals surface area contributed by atoms with Gasteiger partial charge in [-0.05, 0) is 23.3 Å². The first-order valence-electron chi connectivity index (χ1n) is 6.58. The Kier molecular flexibility index (Phi) is 3.47. The number of carboxylic acid groups (broad SMARTS) is 1. The molecule has 19 heavy (non-hydrogen) atoms. The molecule has 1 aliphatic heterocycles. The summed E-state index contributed by atoms with van der Waals surface area (Å²) in [5, 5.41) is 9.21. The summed E-state index contributed by atoms with van der Waals surface area (Å²) in [6, 6.07) is 0. The van der Waals surface area contributed by atoms with Crippen molar-refractivity contribution < 1.29 is 9.90 Å². The summed E-state index contributed by atoms with van der Waals surface area (Å²) in [5.74, 6) is -0.211. The molecule has 1 heterocycles. The second-order valence-electron chi connectivity index (χ2n) is 4.97. The highest BCUT2D eigenvalue weighted by atomic mass is 32.2. The number of carbonyl (C=O) groups is 1. The van der Waals surface area contributed by atoms with Crippen LogP contribution >= 0.6 is 11.8 Å². The van der Waals surface area contributed by atoms with Crippen LogP contribution in [0, 0.1) is 5.92 Å². The van der Waals surface area contributed by atoms with Gasteiger partial charge < -0.3 is 5.11 Å². The molecule has 0 saturated carbocycles. The van der Waals surface area contributed by atoms with Gasteiger partial charge in [-0.2, -0.15) is 0 Å². The first-order chi connectivity index (χ1) is 9.25. The molecule has 0 aromatic carbocycles. The maximum atomic E-state index is 10.8. The average Bonchev–Trinajstić information content (AvgIpc) is 2.65. The minimum Gasteiger partial charge on any atom is -0.481 e. The van der Waals surface area contributed by atoms with E-state index in [-0.39, 0.29) is 6.42 Å². The minimum atomic E-state index is -0.721. The third kappa shape index (κ3) is 2.47. The maximum Gasteiger partial charge on any atom is 0.303 e. The monoisotopic (exact) mass is 272 g/mol. The molecular formula is C16H16O2S. The van der Waals surface area contributed by atoms with Crippen LogP contribution in [0.25, 0.3) is 0 Å². The quantitative estimate of drug-likeness (QED) is 0.848. The van der Waals surface area contributed by atoms with Crippen molar-refractivity contribution in [1.82, 2.24) is 0 Å². The fraction of sp³-hybridized carbons (Fsp3) is 0.312. The van der Waals surface area contributed by atoms with Crippen LogP contribution in [0.1, 0.15) is 19.3 Å². The first kappa shape index (κ1) is 12.5. The van der Waals surface area contributed by atoms with E-state index in [0.29, 0.717) is 17.6 Å². The van der Waals surface area contributed by atoms with E-state index in [9.17, 15) is 4.79 Å². The fourth-order valence-electron chi connectivity index (χ4n) is 2.81. The zero-order valence-electron chi connectivity index (χ0n) is 10.6. The normalized spacial score (nSPS) is 27.9. The Balaban J connectivity index is 1.86. The molecule has 1 fully saturated rings. The molecule has 0 spiro atoms. The number of allylic oxidation sites excluding steroid dienone is 8. The van der Waals surface area contributed by atoms with Gasteiger partial charge >= 0.3 is 5.97 Å². The van der Waals surface area contributed by atoms with Gasteiger partial charge in [-0.1, -0.05) is 48.1 Å². The first-order valence-corrected chi connectivity index (χ1v) is 7.46. The molecule has 3 heteroatoms. The van der Waals surface area contributed by atoms with Gasteiger partial charge in [-0.25, -0.2) is 0 Å². The third-order valence-corrected chi connectivity index (χ3v) is 5.25. The molecular weight excluding hydrogens is 256 g/mol. The summed E-state index contributed by atoms with van der Waals surface area (Å²) in [6.07, 6.45) is 16.9. The van der Waals surface area contributed by atoms with Gasteiger partial charge in [-0.15, -0.1) is 11.8 Å². The smallest absolute Gasteiger partial charge is 0.303 e. The lowest BCUT2D eigenvalue weighted by Gasteiger charge is -2.16. The van der Waals surface area contributed by atoms with Crippen molar-refractivity contribution >= 4 is 17.7 Å². The standard InChI is InChI=1S/C16H16O2S/c17-15(18)10-9-11-5-1-2-7-13-12-6-3-4-8-14(12)19-16(11)13/h1-5,7-8,12,16H,6,9-10H2,(H,17,18). The Morgan fingerprint density at radius 1 is 1.26 bits per heavy atom. The van der Waals surface area contributed by atoms with Gasteiger partial charge in [0, 0.05) is 12.3 Å². The summed E-state index contributed by atoms with van der Waals surface area (Å²) in [5.41, 5.74) is 2.67. The van der Waals surface area contributed by atoms with E-state index >= 15 is 0 Å². The Morgan fingerprint density at radius 3 is 2.95 bits per heavy atom. The molecule has 0 radical (unpaired) electrons. The topological polar surface area (TPSA) is 37.3 Å². The predicted molar refractivity (Wildman–Crippen MR) is 78.9 cm³/mol. The van der Waals surface area contributed by atoms with Crippen molar-refractivity contribution in [2.24, 2.45) is 5.92 Å². The van der Waals surface area contributed by atoms with E-state index in [0.717, 1.165) is 6.42 Å². The van der Waals surface area contributed by atoms with Gasteiger partial charge in [-0.3, -0.25) is 4.79 Å². The van der Waals surface area contributed by atoms with Crippen molar-refractivity contribution in [2.75, 3.05) is 0 Å². The summed E-state index contributed by atoms with van der Waals surface area (Å²) in [7, 11) is 0. The number of hydrogen-bond donors (Lipinski definition) is 1. The predicted octanol–water partition coefficient (Wildman–Crippen LogP) is 3.85. The van der Waals surface area contributed by atoms with Crippen LogP contribution in [0.2, 0.25) is 0 Å². The highest BCUT2D eigenvalue weighted by Gasteiger charge is 2.36. The Bertz CT molecular complexity index is 549. The molecule has 2 unspecified atom stereocenters. The van der Waals surface area contributed by atoms with Crippen LogP contribution in [0.3, 0.4) is 0 Å². The fourth-order valence-corrected chi connectivity index (χ4v) is 4.36. The van der Waals surface area contributed by atoms with Crippen LogP contribution in [-0.4, -0.2) is 16.3 Å². The Hall–Kier alpha value is -1.48. The molecule has 1 saturated heterocycles. The lowest BCUT2D eigenvalue weighted by molar-refractivity contribution is -0.136. The maximum absolute atomic E-state index is 10.8. The SMILES string of the molecule is O=C(O)CCC1=CC=CC=C2C3CC=CC=C3SC12. The number of carboxylic acids is 1. The number of aliphatic carboxylic acids is 1.